The molecule has 4 aromatic rings. The van der Waals surface area contributed by atoms with Crippen LogP contribution in [0.15, 0.2) is 65.3 Å². The van der Waals surface area contributed by atoms with Gasteiger partial charge in [0.1, 0.15) is 0 Å². The summed E-state index contributed by atoms with van der Waals surface area (Å²) in [7, 11) is 0. The van der Waals surface area contributed by atoms with Gasteiger partial charge in [0, 0.05) is 34.3 Å². The van der Waals surface area contributed by atoms with Crippen LogP contribution in [0, 0.1) is 0 Å². The highest BCUT2D eigenvalue weighted by Crippen LogP contribution is 2.27. The second-order valence-corrected chi connectivity index (χ2v) is 5.88. The molecule has 0 unspecified atom stereocenters. The van der Waals surface area contributed by atoms with E-state index < -0.39 is 0 Å². The summed E-state index contributed by atoms with van der Waals surface area (Å²) in [6.07, 6.45) is 2.11. The zero-order chi connectivity index (χ0) is 15.8. The molecule has 0 aliphatic heterocycles. The van der Waals surface area contributed by atoms with Gasteiger partial charge in [-0.15, -0.1) is 0 Å². The van der Waals surface area contributed by atoms with E-state index in [2.05, 4.69) is 53.0 Å². The zero-order valence-corrected chi connectivity index (χ0v) is 13.1. The van der Waals surface area contributed by atoms with Gasteiger partial charge in [-0.2, -0.15) is 4.98 Å². The van der Waals surface area contributed by atoms with E-state index in [4.69, 9.17) is 4.52 Å². The Morgan fingerprint density at radius 3 is 2.57 bits per heavy atom. The van der Waals surface area contributed by atoms with Crippen molar-refractivity contribution in [1.29, 1.82) is 0 Å². The summed E-state index contributed by atoms with van der Waals surface area (Å²) in [6, 6.07) is 18.6. The van der Waals surface area contributed by atoms with Crippen molar-refractivity contribution in [2.45, 2.75) is 19.9 Å². The molecule has 0 aliphatic rings. The fraction of sp³-hybridized carbons (Fsp3) is 0.158. The molecule has 2 aromatic carbocycles. The fourth-order valence-electron chi connectivity index (χ4n) is 2.79. The van der Waals surface area contributed by atoms with Crippen LogP contribution in [0.4, 0.5) is 0 Å². The molecule has 0 fully saturated rings. The maximum Gasteiger partial charge on any atom is 0.258 e. The van der Waals surface area contributed by atoms with Crippen LogP contribution in [0.3, 0.4) is 0 Å². The van der Waals surface area contributed by atoms with Crippen LogP contribution in [-0.2, 0) is 0 Å². The molecule has 4 nitrogen and oxygen atoms in total. The monoisotopic (exact) mass is 303 g/mol. The smallest absolute Gasteiger partial charge is 0.258 e. The Morgan fingerprint density at radius 1 is 0.957 bits per heavy atom. The summed E-state index contributed by atoms with van der Waals surface area (Å²) in [5, 5.41) is 5.26. The second-order valence-electron chi connectivity index (χ2n) is 5.88. The lowest BCUT2D eigenvalue weighted by atomic mass is 10.1. The highest BCUT2D eigenvalue weighted by molar-refractivity contribution is 5.84. The Kier molecular flexibility index (Phi) is 3.23. The lowest BCUT2D eigenvalue weighted by Crippen LogP contribution is -1.97. The van der Waals surface area contributed by atoms with Gasteiger partial charge in [-0.3, -0.25) is 0 Å². The van der Waals surface area contributed by atoms with E-state index in [1.165, 1.54) is 10.9 Å². The lowest BCUT2D eigenvalue weighted by molar-refractivity contribution is 0.432. The van der Waals surface area contributed by atoms with Gasteiger partial charge in [-0.25, -0.2) is 0 Å². The summed E-state index contributed by atoms with van der Waals surface area (Å²) < 4.78 is 7.69. The van der Waals surface area contributed by atoms with Crippen molar-refractivity contribution in [1.82, 2.24) is 14.7 Å². The van der Waals surface area contributed by atoms with Crippen LogP contribution in [0.25, 0.3) is 33.7 Å². The Labute approximate surface area is 134 Å². The van der Waals surface area contributed by atoms with Crippen LogP contribution in [0.5, 0.6) is 0 Å². The van der Waals surface area contributed by atoms with Crippen molar-refractivity contribution in [2.24, 2.45) is 0 Å². The molecule has 114 valence electrons. The standard InChI is InChI=1S/C19H17N3O/c1-13(2)22-11-10-15-12-16(8-9-17(15)22)19-20-18(21-23-19)14-6-4-3-5-7-14/h3-13H,1-2H3. The molecular weight excluding hydrogens is 286 g/mol. The van der Waals surface area contributed by atoms with Gasteiger partial charge in [-0.1, -0.05) is 35.5 Å². The van der Waals surface area contributed by atoms with E-state index >= 15 is 0 Å². The fourth-order valence-corrected chi connectivity index (χ4v) is 2.79. The molecule has 0 spiro atoms. The Bertz CT molecular complexity index is 951. The van der Waals surface area contributed by atoms with Gasteiger partial charge in [0.15, 0.2) is 0 Å². The predicted octanol–water partition coefficient (Wildman–Crippen LogP) is 4.94. The molecule has 0 saturated heterocycles. The SMILES string of the molecule is CC(C)n1ccc2cc(-c3nc(-c4ccccc4)no3)ccc21. The first kappa shape index (κ1) is 13.8. The highest BCUT2D eigenvalue weighted by Gasteiger charge is 2.12. The average molecular weight is 303 g/mol. The Morgan fingerprint density at radius 2 is 1.78 bits per heavy atom. The van der Waals surface area contributed by atoms with Gasteiger partial charge in [0.05, 0.1) is 0 Å². The third kappa shape index (κ3) is 2.42. The molecule has 0 atom stereocenters. The first-order valence-corrected chi connectivity index (χ1v) is 7.72. The molecule has 4 heteroatoms. The van der Waals surface area contributed by atoms with Gasteiger partial charge >= 0.3 is 0 Å². The summed E-state index contributed by atoms with van der Waals surface area (Å²) >= 11 is 0. The predicted molar refractivity (Wildman–Crippen MR) is 91.1 cm³/mol. The number of hydrogen-bond acceptors (Lipinski definition) is 3. The summed E-state index contributed by atoms with van der Waals surface area (Å²) in [5.74, 6) is 1.16. The first-order valence-electron chi connectivity index (χ1n) is 7.72. The summed E-state index contributed by atoms with van der Waals surface area (Å²) in [6.45, 7) is 4.36. The average Bonchev–Trinajstić information content (AvgIpc) is 3.22. The van der Waals surface area contributed by atoms with E-state index in [0.29, 0.717) is 17.8 Å². The molecule has 23 heavy (non-hydrogen) atoms. The third-order valence-electron chi connectivity index (χ3n) is 3.98. The summed E-state index contributed by atoms with van der Waals surface area (Å²) in [4.78, 5) is 4.51. The van der Waals surface area contributed by atoms with Crippen molar-refractivity contribution < 1.29 is 4.52 Å². The third-order valence-corrected chi connectivity index (χ3v) is 3.98. The molecule has 0 bridgehead atoms. The first-order chi connectivity index (χ1) is 11.2. The number of hydrogen-bond donors (Lipinski definition) is 0. The van der Waals surface area contributed by atoms with Crippen molar-refractivity contribution in [2.75, 3.05) is 0 Å². The van der Waals surface area contributed by atoms with Gasteiger partial charge < -0.3 is 9.09 Å². The summed E-state index contributed by atoms with van der Waals surface area (Å²) in [5.41, 5.74) is 3.11. The van der Waals surface area contributed by atoms with E-state index in [9.17, 15) is 0 Å². The van der Waals surface area contributed by atoms with Crippen LogP contribution >= 0.6 is 0 Å². The normalized spacial score (nSPS) is 11.4. The van der Waals surface area contributed by atoms with E-state index in [-0.39, 0.29) is 0 Å². The van der Waals surface area contributed by atoms with Crippen LogP contribution in [0.2, 0.25) is 0 Å². The minimum absolute atomic E-state index is 0.437. The van der Waals surface area contributed by atoms with E-state index in [0.717, 1.165) is 11.1 Å². The zero-order valence-electron chi connectivity index (χ0n) is 13.1. The molecule has 0 N–H and O–H groups in total. The lowest BCUT2D eigenvalue weighted by Gasteiger charge is -2.09. The van der Waals surface area contributed by atoms with E-state index in [1.807, 2.05) is 36.4 Å². The topological polar surface area (TPSA) is 43.9 Å². The van der Waals surface area contributed by atoms with Crippen LogP contribution in [0.1, 0.15) is 19.9 Å². The van der Waals surface area contributed by atoms with E-state index in [1.54, 1.807) is 0 Å². The van der Waals surface area contributed by atoms with Crippen molar-refractivity contribution in [3.63, 3.8) is 0 Å². The molecule has 4 rings (SSSR count). The number of rotatable bonds is 3. The quantitative estimate of drug-likeness (QED) is 0.538. The molecule has 0 amide bonds. The van der Waals surface area contributed by atoms with Gasteiger partial charge in [0.25, 0.3) is 5.89 Å². The Hall–Kier alpha value is -2.88. The molecular formula is C19H17N3O. The maximum absolute atomic E-state index is 5.44. The number of fused-ring (bicyclic) bond motifs is 1. The van der Waals surface area contributed by atoms with Gasteiger partial charge in [-0.05, 0) is 38.1 Å². The largest absolute Gasteiger partial charge is 0.345 e. The highest BCUT2D eigenvalue weighted by atomic mass is 16.5. The molecule has 2 aromatic heterocycles. The maximum atomic E-state index is 5.44. The molecule has 0 saturated carbocycles. The van der Waals surface area contributed by atoms with Gasteiger partial charge in [0.2, 0.25) is 5.82 Å². The van der Waals surface area contributed by atoms with Crippen LogP contribution < -0.4 is 0 Å². The molecule has 2 heterocycles. The minimum atomic E-state index is 0.437. The number of nitrogens with zero attached hydrogens (tertiary/aromatic N) is 3. The van der Waals surface area contributed by atoms with Crippen molar-refractivity contribution >= 4 is 10.9 Å². The van der Waals surface area contributed by atoms with Crippen LogP contribution in [-0.4, -0.2) is 14.7 Å². The van der Waals surface area contributed by atoms with Crippen molar-refractivity contribution in [3.05, 3.63) is 60.8 Å². The van der Waals surface area contributed by atoms with Crippen molar-refractivity contribution in [3.8, 4) is 22.8 Å². The number of aromatic nitrogens is 3. The Balaban J connectivity index is 1.74. The number of benzene rings is 2. The second kappa shape index (κ2) is 5.39. The molecule has 0 radical (unpaired) electrons. The molecule has 0 aliphatic carbocycles. The minimum Gasteiger partial charge on any atom is -0.345 e.